The van der Waals surface area contributed by atoms with Crippen molar-refractivity contribution in [1.29, 1.82) is 0 Å². The highest BCUT2D eigenvalue weighted by Crippen LogP contribution is 2.33. The molecule has 0 aliphatic carbocycles. The van der Waals surface area contributed by atoms with Crippen LogP contribution in [-0.2, 0) is 33.2 Å². The molecule has 17 atom stereocenters. The van der Waals surface area contributed by atoms with E-state index >= 15 is 0 Å². The zero-order valence-electron chi connectivity index (χ0n) is 48.4. The van der Waals surface area contributed by atoms with Crippen LogP contribution >= 0.6 is 0 Å². The fourth-order valence-corrected chi connectivity index (χ4v) is 10.6. The van der Waals surface area contributed by atoms with Gasteiger partial charge < -0.3 is 89.9 Å². The molecule has 17 unspecified atom stereocenters. The number of aliphatic hydroxyl groups excluding tert-OH is 11. The maximum absolute atomic E-state index is 13.3. The minimum absolute atomic E-state index is 0.240. The second kappa shape index (κ2) is 43.8. The molecule has 19 nitrogen and oxygen atoms in total. The number of hydrogen-bond acceptors (Lipinski definition) is 18. The summed E-state index contributed by atoms with van der Waals surface area (Å²) in [6, 6.07) is -0.985. The monoisotopic (exact) mass is 1130 g/mol. The summed E-state index contributed by atoms with van der Waals surface area (Å²) >= 11 is 0. The number of carbonyl (C=O) groups is 1. The van der Waals surface area contributed by atoms with Crippen LogP contribution in [0.2, 0.25) is 0 Å². The van der Waals surface area contributed by atoms with Crippen molar-refractivity contribution < 1.29 is 89.4 Å². The highest BCUT2D eigenvalue weighted by atomic mass is 16.8. The van der Waals surface area contributed by atoms with Crippen LogP contribution in [0.4, 0.5) is 0 Å². The molecule has 3 heterocycles. The summed E-state index contributed by atoms with van der Waals surface area (Å²) in [6.45, 7) is 1.72. The van der Waals surface area contributed by atoms with Gasteiger partial charge in [0.05, 0.1) is 38.6 Å². The number of rotatable bonds is 46. The van der Waals surface area contributed by atoms with Gasteiger partial charge in [-0.15, -0.1) is 0 Å². The van der Waals surface area contributed by atoms with E-state index in [-0.39, 0.29) is 18.9 Å². The van der Waals surface area contributed by atoms with E-state index in [0.717, 1.165) is 38.5 Å². The summed E-state index contributed by atoms with van der Waals surface area (Å²) in [5, 5.41) is 120. The molecule has 0 radical (unpaired) electrons. The minimum Gasteiger partial charge on any atom is -0.394 e. The van der Waals surface area contributed by atoms with E-state index < -0.39 is 124 Å². The average Bonchev–Trinajstić information content (AvgIpc) is 3.49. The number of carbonyl (C=O) groups excluding carboxylic acids is 1. The smallest absolute Gasteiger partial charge is 0.220 e. The maximum atomic E-state index is 13.3. The molecule has 12 N–H and O–H groups in total. The molecule has 3 fully saturated rings. The summed E-state index contributed by atoms with van der Waals surface area (Å²) in [7, 11) is 0. The van der Waals surface area contributed by atoms with Crippen LogP contribution in [0.3, 0.4) is 0 Å². The summed E-state index contributed by atoms with van der Waals surface area (Å²) < 4.78 is 34.2. The van der Waals surface area contributed by atoms with Crippen molar-refractivity contribution in [2.75, 3.05) is 26.4 Å². The van der Waals surface area contributed by atoms with Gasteiger partial charge >= 0.3 is 0 Å². The van der Waals surface area contributed by atoms with Gasteiger partial charge in [-0.25, -0.2) is 0 Å². The Morgan fingerprint density at radius 2 is 0.810 bits per heavy atom. The lowest BCUT2D eigenvalue weighted by molar-refractivity contribution is -0.379. The Balaban J connectivity index is 1.51. The first kappa shape index (κ1) is 71.5. The molecule has 3 aliphatic rings. The zero-order valence-corrected chi connectivity index (χ0v) is 48.4. The molecule has 3 saturated heterocycles. The summed E-state index contributed by atoms with van der Waals surface area (Å²) in [6.07, 6.45) is 18.7. The van der Waals surface area contributed by atoms with Gasteiger partial charge in [0.25, 0.3) is 0 Å². The standard InChI is InChI=1S/C60H111NO18/c1-3-5-7-9-11-13-15-17-19-21-22-23-25-27-29-31-33-35-37-44(65)43(61-48(66)38-36-34-32-30-28-26-24-20-18-16-14-12-10-8-6-4-2)42-74-58-54(72)51(69)56(46(40-63)76-58)79-60-55(73)52(70)57(47(41-64)77-60)78-59-53(71)50(68)49(67)45(39-62)75-59/h27,29,35,37,43-47,49-60,62-65,67-73H,3-26,28,30-34,36,38-42H2,1-2H3,(H,61,66)/b29-27+,37-35+. The van der Waals surface area contributed by atoms with E-state index in [1.54, 1.807) is 6.08 Å². The Morgan fingerprint density at radius 3 is 1.27 bits per heavy atom. The molecule has 0 aromatic carbocycles. The number of ether oxygens (including phenoxy) is 6. The molecule has 0 saturated carbocycles. The third-order valence-corrected chi connectivity index (χ3v) is 15.8. The number of nitrogens with one attached hydrogen (secondary N) is 1. The molecule has 19 heteroatoms. The number of amides is 1. The van der Waals surface area contributed by atoms with Gasteiger partial charge in [0.15, 0.2) is 18.9 Å². The van der Waals surface area contributed by atoms with Crippen molar-refractivity contribution in [3.8, 4) is 0 Å². The van der Waals surface area contributed by atoms with E-state index in [2.05, 4.69) is 31.3 Å². The Labute approximate surface area is 473 Å². The highest BCUT2D eigenvalue weighted by molar-refractivity contribution is 5.76. The predicted octanol–water partition coefficient (Wildman–Crippen LogP) is 5.93. The molecule has 1 amide bonds. The van der Waals surface area contributed by atoms with E-state index in [1.807, 2.05) is 6.08 Å². The number of allylic oxidation sites excluding steroid dienone is 3. The van der Waals surface area contributed by atoms with Crippen LogP contribution < -0.4 is 5.32 Å². The van der Waals surface area contributed by atoms with Crippen LogP contribution in [0.25, 0.3) is 0 Å². The van der Waals surface area contributed by atoms with E-state index in [1.165, 1.54) is 148 Å². The van der Waals surface area contributed by atoms with E-state index in [4.69, 9.17) is 28.4 Å². The van der Waals surface area contributed by atoms with E-state index in [0.29, 0.717) is 12.8 Å². The lowest BCUT2D eigenvalue weighted by Crippen LogP contribution is -2.66. The third-order valence-electron chi connectivity index (χ3n) is 15.8. The Hall–Kier alpha value is -1.73. The van der Waals surface area contributed by atoms with Crippen LogP contribution in [0, 0.1) is 0 Å². The van der Waals surface area contributed by atoms with Crippen LogP contribution in [0.15, 0.2) is 24.3 Å². The van der Waals surface area contributed by atoms with Gasteiger partial charge in [-0.2, -0.15) is 0 Å². The second-order valence-electron chi connectivity index (χ2n) is 22.5. The second-order valence-corrected chi connectivity index (χ2v) is 22.5. The largest absolute Gasteiger partial charge is 0.394 e. The van der Waals surface area contributed by atoms with Crippen LogP contribution in [-0.4, -0.2) is 193 Å². The van der Waals surface area contributed by atoms with Gasteiger partial charge in [0, 0.05) is 6.42 Å². The molecule has 464 valence electrons. The molecular weight excluding hydrogens is 1020 g/mol. The average molecular weight is 1130 g/mol. The molecule has 3 aliphatic heterocycles. The minimum atomic E-state index is -1.98. The van der Waals surface area contributed by atoms with E-state index in [9.17, 15) is 61.0 Å². The quantitative estimate of drug-likeness (QED) is 0.0248. The SMILES string of the molecule is CCCCCCCCCCCCCC/C=C/CC/C=C/C(O)C(COC1OC(CO)C(OC2OC(CO)C(OC3OC(CO)C(O)C(O)C3O)C(O)C2O)C(O)C1O)NC(=O)CCCCCCCCCCCCCCCCCC. The van der Waals surface area contributed by atoms with Crippen molar-refractivity contribution >= 4 is 5.91 Å². The molecule has 79 heavy (non-hydrogen) atoms. The maximum Gasteiger partial charge on any atom is 0.220 e. The first-order chi connectivity index (χ1) is 38.3. The molecule has 0 bridgehead atoms. The van der Waals surface area contributed by atoms with Crippen molar-refractivity contribution in [3.05, 3.63) is 24.3 Å². The highest BCUT2D eigenvalue weighted by Gasteiger charge is 2.53. The van der Waals surface area contributed by atoms with Crippen molar-refractivity contribution in [3.63, 3.8) is 0 Å². The fraction of sp³-hybridized carbons (Fsp3) is 0.917. The lowest BCUT2D eigenvalue weighted by Gasteiger charge is -2.48. The molecule has 0 aromatic rings. The number of hydrogen-bond donors (Lipinski definition) is 12. The van der Waals surface area contributed by atoms with Crippen molar-refractivity contribution in [2.24, 2.45) is 0 Å². The lowest BCUT2D eigenvalue weighted by atomic mass is 9.96. The molecular formula is C60H111NO18. The Kier molecular flexibility index (Phi) is 39.7. The summed E-state index contributed by atoms with van der Waals surface area (Å²) in [4.78, 5) is 13.3. The summed E-state index contributed by atoms with van der Waals surface area (Å²) in [5.74, 6) is -0.283. The molecule has 0 spiro atoms. The Morgan fingerprint density at radius 1 is 0.443 bits per heavy atom. The zero-order chi connectivity index (χ0) is 57.6. The molecule has 3 rings (SSSR count). The Bertz CT molecular complexity index is 1540. The third kappa shape index (κ3) is 27.7. The van der Waals surface area contributed by atoms with Crippen LogP contribution in [0.5, 0.6) is 0 Å². The number of aliphatic hydroxyl groups is 11. The van der Waals surface area contributed by atoms with Gasteiger partial charge in [0.1, 0.15) is 73.2 Å². The summed E-state index contributed by atoms with van der Waals surface area (Å²) in [5.41, 5.74) is 0. The number of unbranched alkanes of at least 4 members (excludes halogenated alkanes) is 28. The van der Waals surface area contributed by atoms with Gasteiger partial charge in [0.2, 0.25) is 5.91 Å². The van der Waals surface area contributed by atoms with Crippen LogP contribution in [0.1, 0.15) is 219 Å². The van der Waals surface area contributed by atoms with Gasteiger partial charge in [-0.3, -0.25) is 4.79 Å². The van der Waals surface area contributed by atoms with Crippen molar-refractivity contribution in [2.45, 2.75) is 324 Å². The normalized spacial score (nSPS) is 30.4. The predicted molar refractivity (Wildman–Crippen MR) is 300 cm³/mol. The first-order valence-corrected chi connectivity index (χ1v) is 31.1. The fourth-order valence-electron chi connectivity index (χ4n) is 10.6. The topological polar surface area (TPSA) is 307 Å². The first-order valence-electron chi connectivity index (χ1n) is 31.1. The van der Waals surface area contributed by atoms with Gasteiger partial charge in [-0.05, 0) is 32.1 Å². The van der Waals surface area contributed by atoms with Gasteiger partial charge in [-0.1, -0.05) is 205 Å². The molecule has 0 aromatic heterocycles. The van der Waals surface area contributed by atoms with Crippen molar-refractivity contribution in [1.82, 2.24) is 5.32 Å².